The molecular formula is C18H23N5O5. The maximum Gasteiger partial charge on any atom is 0.228 e. The lowest BCUT2D eigenvalue weighted by Gasteiger charge is -2.20. The monoisotopic (exact) mass is 389 g/mol. The van der Waals surface area contributed by atoms with Crippen molar-refractivity contribution in [2.75, 3.05) is 11.9 Å². The molecule has 2 aromatic heterocycles. The molecule has 10 nitrogen and oxygen atoms in total. The number of rotatable bonds is 4. The molecular weight excluding hydrogens is 366 g/mol. The lowest BCUT2D eigenvalue weighted by Crippen LogP contribution is -2.33. The highest BCUT2D eigenvalue weighted by atomic mass is 16.6. The summed E-state index contributed by atoms with van der Waals surface area (Å²) in [6, 6.07) is 0. The van der Waals surface area contributed by atoms with E-state index < -0.39 is 31.1 Å². The predicted octanol–water partition coefficient (Wildman–Crippen LogP) is -0.188. The Hall–Kier alpha value is -2.14. The minimum absolute atomic E-state index is 0.0197. The Morgan fingerprint density at radius 3 is 2.75 bits per heavy atom. The fourth-order valence-corrected chi connectivity index (χ4v) is 5.01. The van der Waals surface area contributed by atoms with Crippen LogP contribution in [0.15, 0.2) is 12.7 Å². The van der Waals surface area contributed by atoms with Gasteiger partial charge in [-0.1, -0.05) is 6.42 Å². The number of ether oxygens (including phenoxy) is 1. The molecule has 2 aliphatic carbocycles. The van der Waals surface area contributed by atoms with E-state index in [4.69, 9.17) is 4.74 Å². The van der Waals surface area contributed by atoms with Crippen molar-refractivity contribution in [2.24, 2.45) is 17.8 Å². The number of amides is 1. The van der Waals surface area contributed by atoms with Gasteiger partial charge in [-0.3, -0.25) is 9.36 Å². The number of nitrogens with zero attached hydrogens (tertiary/aromatic N) is 4. The summed E-state index contributed by atoms with van der Waals surface area (Å²) in [4.78, 5) is 25.4. The van der Waals surface area contributed by atoms with Gasteiger partial charge in [-0.15, -0.1) is 0 Å². The third-order valence-corrected chi connectivity index (χ3v) is 6.47. The van der Waals surface area contributed by atoms with E-state index in [0.29, 0.717) is 28.8 Å². The van der Waals surface area contributed by atoms with Crippen LogP contribution >= 0.6 is 0 Å². The van der Waals surface area contributed by atoms with Crippen LogP contribution in [0.25, 0.3) is 11.2 Å². The Balaban J connectivity index is 1.41. The molecule has 0 radical (unpaired) electrons. The first-order valence-electron chi connectivity index (χ1n) is 9.67. The van der Waals surface area contributed by atoms with Crippen LogP contribution in [0, 0.1) is 17.8 Å². The molecule has 0 aromatic carbocycles. The zero-order chi connectivity index (χ0) is 19.4. The van der Waals surface area contributed by atoms with E-state index in [1.807, 2.05) is 0 Å². The third kappa shape index (κ3) is 2.71. The summed E-state index contributed by atoms with van der Waals surface area (Å²) in [6.07, 6.45) is 2.85. The van der Waals surface area contributed by atoms with Crippen molar-refractivity contribution < 1.29 is 24.9 Å². The van der Waals surface area contributed by atoms with Crippen LogP contribution in [-0.4, -0.2) is 65.7 Å². The molecule has 1 aliphatic heterocycles. The van der Waals surface area contributed by atoms with Gasteiger partial charge < -0.3 is 25.4 Å². The number of aromatic nitrogens is 4. The molecule has 2 aromatic rings. The van der Waals surface area contributed by atoms with Crippen LogP contribution < -0.4 is 5.32 Å². The number of aliphatic hydroxyl groups is 3. The molecule has 1 saturated heterocycles. The molecule has 3 aliphatic rings. The lowest BCUT2D eigenvalue weighted by molar-refractivity contribution is -0.121. The maximum atomic E-state index is 12.8. The van der Waals surface area contributed by atoms with E-state index in [1.165, 1.54) is 23.6 Å². The average molecular weight is 389 g/mol. The molecule has 2 saturated carbocycles. The number of nitrogens with one attached hydrogen (secondary N) is 1. The molecule has 1 amide bonds. The SMILES string of the molecule is O=C(Nc1ncnc2c1ncn2[C@@H]1O[C@H](CO)[C@@H](O)[C@H]1O)[C@H]1C[C@H]2CC[C@@H]1C2. The van der Waals surface area contributed by atoms with Gasteiger partial charge >= 0.3 is 0 Å². The van der Waals surface area contributed by atoms with Gasteiger partial charge in [0, 0.05) is 5.92 Å². The zero-order valence-electron chi connectivity index (χ0n) is 15.2. The zero-order valence-corrected chi connectivity index (χ0v) is 15.2. The minimum atomic E-state index is -1.24. The number of hydrogen-bond donors (Lipinski definition) is 4. The molecule has 5 rings (SSSR count). The highest BCUT2D eigenvalue weighted by molar-refractivity contribution is 5.98. The molecule has 3 fully saturated rings. The quantitative estimate of drug-likeness (QED) is 0.564. The second-order valence-electron chi connectivity index (χ2n) is 8.05. The summed E-state index contributed by atoms with van der Waals surface area (Å²) in [7, 11) is 0. The van der Waals surface area contributed by atoms with Crippen LogP contribution in [0.3, 0.4) is 0 Å². The number of fused-ring (bicyclic) bond motifs is 3. The fourth-order valence-electron chi connectivity index (χ4n) is 5.01. The van der Waals surface area contributed by atoms with Crippen molar-refractivity contribution in [1.82, 2.24) is 19.5 Å². The van der Waals surface area contributed by atoms with Crippen LogP contribution in [0.5, 0.6) is 0 Å². The first-order chi connectivity index (χ1) is 13.6. The van der Waals surface area contributed by atoms with Crippen molar-refractivity contribution in [1.29, 1.82) is 0 Å². The highest BCUT2D eigenvalue weighted by Crippen LogP contribution is 2.48. The van der Waals surface area contributed by atoms with Crippen molar-refractivity contribution in [3.05, 3.63) is 12.7 Å². The average Bonchev–Trinajstić information content (AvgIpc) is 3.47. The molecule has 3 heterocycles. The Bertz CT molecular complexity index is 904. The number of anilines is 1. The summed E-state index contributed by atoms with van der Waals surface area (Å²) in [5, 5.41) is 32.4. The molecule has 0 spiro atoms. The second-order valence-corrected chi connectivity index (χ2v) is 8.05. The molecule has 2 bridgehead atoms. The van der Waals surface area contributed by atoms with Crippen LogP contribution in [0.1, 0.15) is 31.9 Å². The number of carbonyl (C=O) groups is 1. The van der Waals surface area contributed by atoms with Gasteiger partial charge in [0.25, 0.3) is 0 Å². The normalized spacial score (nSPS) is 37.0. The highest BCUT2D eigenvalue weighted by Gasteiger charge is 2.45. The van der Waals surface area contributed by atoms with Crippen LogP contribution in [-0.2, 0) is 9.53 Å². The van der Waals surface area contributed by atoms with E-state index in [9.17, 15) is 20.1 Å². The Morgan fingerprint density at radius 2 is 2.07 bits per heavy atom. The molecule has 4 N–H and O–H groups in total. The number of hydrogen-bond acceptors (Lipinski definition) is 8. The molecule has 28 heavy (non-hydrogen) atoms. The van der Waals surface area contributed by atoms with Gasteiger partial charge in [0.1, 0.15) is 24.6 Å². The van der Waals surface area contributed by atoms with Crippen molar-refractivity contribution in [3.63, 3.8) is 0 Å². The van der Waals surface area contributed by atoms with Gasteiger partial charge in [-0.05, 0) is 31.1 Å². The van der Waals surface area contributed by atoms with Crippen LogP contribution in [0.4, 0.5) is 5.82 Å². The van der Waals surface area contributed by atoms with Gasteiger partial charge in [-0.25, -0.2) is 15.0 Å². The van der Waals surface area contributed by atoms with Gasteiger partial charge in [0.05, 0.1) is 12.9 Å². The summed E-state index contributed by atoms with van der Waals surface area (Å²) < 4.78 is 7.03. The summed E-state index contributed by atoms with van der Waals surface area (Å²) in [6.45, 7) is -0.415. The molecule has 7 atom stereocenters. The van der Waals surface area contributed by atoms with Crippen molar-refractivity contribution >= 4 is 22.9 Å². The number of aliphatic hydroxyl groups excluding tert-OH is 3. The van der Waals surface area contributed by atoms with Crippen molar-refractivity contribution in [2.45, 2.75) is 50.2 Å². The lowest BCUT2D eigenvalue weighted by atomic mass is 9.88. The van der Waals surface area contributed by atoms with Gasteiger partial charge in [0.2, 0.25) is 5.91 Å². The largest absolute Gasteiger partial charge is 0.394 e. The van der Waals surface area contributed by atoms with Gasteiger partial charge in [0.15, 0.2) is 23.2 Å². The van der Waals surface area contributed by atoms with Crippen LogP contribution in [0.2, 0.25) is 0 Å². The maximum absolute atomic E-state index is 12.8. The van der Waals surface area contributed by atoms with E-state index in [2.05, 4.69) is 20.3 Å². The van der Waals surface area contributed by atoms with Gasteiger partial charge in [-0.2, -0.15) is 0 Å². The molecule has 0 unspecified atom stereocenters. The first kappa shape index (κ1) is 17.9. The molecule has 150 valence electrons. The predicted molar refractivity (Wildman–Crippen MR) is 95.9 cm³/mol. The standard InChI is InChI=1S/C18H23N5O5/c24-5-11-13(25)14(26)18(28-11)23-7-21-12-15(19-6-20-16(12)23)22-17(27)10-4-8-1-2-9(10)3-8/h6-11,13-14,18,24-26H,1-5H2,(H,19,20,22,27)/t8-,9+,10-,11+,13+,14+,18+/m0/s1. The summed E-state index contributed by atoms with van der Waals surface area (Å²) >= 11 is 0. The van der Waals surface area contributed by atoms with Crippen molar-refractivity contribution in [3.8, 4) is 0 Å². The van der Waals surface area contributed by atoms with E-state index >= 15 is 0 Å². The summed E-state index contributed by atoms with van der Waals surface area (Å²) in [5.41, 5.74) is 0.754. The number of carbonyl (C=O) groups excluding carboxylic acids is 1. The fraction of sp³-hybridized carbons (Fsp3) is 0.667. The Kier molecular flexibility index (Phi) is 4.31. The van der Waals surface area contributed by atoms with E-state index in [0.717, 1.165) is 19.3 Å². The molecule has 10 heteroatoms. The Labute approximate surface area is 160 Å². The summed E-state index contributed by atoms with van der Waals surface area (Å²) in [5.74, 6) is 1.43. The smallest absolute Gasteiger partial charge is 0.228 e. The topological polar surface area (TPSA) is 143 Å². The number of imidazole rings is 1. The third-order valence-electron chi connectivity index (χ3n) is 6.47. The Morgan fingerprint density at radius 1 is 1.21 bits per heavy atom. The van der Waals surface area contributed by atoms with E-state index in [1.54, 1.807) is 0 Å². The minimum Gasteiger partial charge on any atom is -0.394 e. The first-order valence-corrected chi connectivity index (χ1v) is 9.67. The second kappa shape index (κ2) is 6.73. The van der Waals surface area contributed by atoms with E-state index in [-0.39, 0.29) is 11.8 Å².